The molecule has 1 atom stereocenters. The molecule has 2 heterocycles. The van der Waals surface area contributed by atoms with E-state index in [0.29, 0.717) is 0 Å². The van der Waals surface area contributed by atoms with Gasteiger partial charge < -0.3 is 24.2 Å². The molecule has 0 spiro atoms. The highest BCUT2D eigenvalue weighted by Gasteiger charge is 2.34. The van der Waals surface area contributed by atoms with Crippen LogP contribution in [0.1, 0.15) is 37.6 Å². The summed E-state index contributed by atoms with van der Waals surface area (Å²) in [5.41, 5.74) is 1.02. The SMILES string of the molecule is Cc1ccc(S(=O)(=O)/N=c2\o[n-][n+](C(C)C)c2CN2CCOC(CC(=O)Nc3ccc(OC(F)(F)F)cc3)C2=O)cc1. The van der Waals surface area contributed by atoms with Gasteiger partial charge in [-0.1, -0.05) is 17.7 Å². The van der Waals surface area contributed by atoms with Crippen LogP contribution in [0.3, 0.4) is 0 Å². The normalized spacial score (nSPS) is 16.6. The number of nitrogens with one attached hydrogen (secondary N) is 1. The molecule has 12 nitrogen and oxygen atoms in total. The molecule has 1 unspecified atom stereocenters. The van der Waals surface area contributed by atoms with E-state index in [0.717, 1.165) is 17.7 Å². The van der Waals surface area contributed by atoms with Gasteiger partial charge in [-0.15, -0.1) is 17.6 Å². The van der Waals surface area contributed by atoms with Crippen LogP contribution < -0.4 is 25.6 Å². The molecule has 2 aromatic carbocycles. The third kappa shape index (κ3) is 7.76. The van der Waals surface area contributed by atoms with Crippen molar-refractivity contribution in [3.8, 4) is 5.75 Å². The van der Waals surface area contributed by atoms with Crippen molar-refractivity contribution >= 4 is 27.5 Å². The van der Waals surface area contributed by atoms with Crippen LogP contribution in [0.4, 0.5) is 18.9 Å². The fourth-order valence-corrected chi connectivity index (χ4v) is 5.01. The number of rotatable bonds is 9. The van der Waals surface area contributed by atoms with Gasteiger partial charge in [0.15, 0.2) is 0 Å². The Bertz CT molecular complexity index is 1600. The summed E-state index contributed by atoms with van der Waals surface area (Å²) in [6.45, 7) is 5.52. The van der Waals surface area contributed by atoms with Crippen molar-refractivity contribution in [3.05, 3.63) is 65.3 Å². The number of alkyl halides is 3. The van der Waals surface area contributed by atoms with Gasteiger partial charge in [0.05, 0.1) is 17.9 Å². The summed E-state index contributed by atoms with van der Waals surface area (Å²) < 4.78 is 82.8. The summed E-state index contributed by atoms with van der Waals surface area (Å²) in [5.74, 6) is -1.59. The zero-order valence-corrected chi connectivity index (χ0v) is 23.6. The zero-order valence-electron chi connectivity index (χ0n) is 22.8. The molecule has 1 saturated heterocycles. The van der Waals surface area contributed by atoms with E-state index < -0.39 is 40.1 Å². The quantitative estimate of drug-likeness (QED) is 0.363. The van der Waals surface area contributed by atoms with Crippen LogP contribution in [0.15, 0.2) is 62.3 Å². The number of carbonyl (C=O) groups excluding carboxylic acids is 2. The molecule has 42 heavy (non-hydrogen) atoms. The molecule has 1 fully saturated rings. The van der Waals surface area contributed by atoms with Crippen molar-refractivity contribution in [1.29, 1.82) is 0 Å². The molecule has 0 radical (unpaired) electrons. The van der Waals surface area contributed by atoms with E-state index in [9.17, 15) is 31.2 Å². The van der Waals surface area contributed by atoms with E-state index in [1.165, 1.54) is 33.8 Å². The second kappa shape index (κ2) is 12.4. The lowest BCUT2D eigenvalue weighted by molar-refractivity contribution is -0.790. The van der Waals surface area contributed by atoms with Crippen molar-refractivity contribution in [2.24, 2.45) is 4.40 Å². The summed E-state index contributed by atoms with van der Waals surface area (Å²) in [7, 11) is -4.15. The highest BCUT2D eigenvalue weighted by Crippen LogP contribution is 2.24. The van der Waals surface area contributed by atoms with Gasteiger partial charge in [-0.25, -0.2) is 4.68 Å². The molecule has 0 bridgehead atoms. The minimum atomic E-state index is -4.85. The van der Waals surface area contributed by atoms with Crippen LogP contribution in [0.2, 0.25) is 0 Å². The molecule has 2 amide bonds. The number of hydrogen-bond donors (Lipinski definition) is 1. The van der Waals surface area contributed by atoms with Crippen LogP contribution in [0, 0.1) is 6.92 Å². The highest BCUT2D eigenvalue weighted by molar-refractivity contribution is 7.90. The van der Waals surface area contributed by atoms with Gasteiger partial charge in [0, 0.05) is 12.2 Å². The third-order valence-electron chi connectivity index (χ3n) is 6.10. The molecular formula is C26H28F3N5O7S. The van der Waals surface area contributed by atoms with Gasteiger partial charge in [-0.2, -0.15) is 8.42 Å². The number of sulfonamides is 1. The maximum atomic E-state index is 13.2. The number of aryl methyl sites for hydroxylation is 1. The van der Waals surface area contributed by atoms with Gasteiger partial charge >= 0.3 is 6.36 Å². The predicted octanol–water partition coefficient (Wildman–Crippen LogP) is 2.36. The van der Waals surface area contributed by atoms with E-state index >= 15 is 0 Å². The predicted molar refractivity (Wildman–Crippen MR) is 138 cm³/mol. The third-order valence-corrected chi connectivity index (χ3v) is 7.37. The lowest BCUT2D eigenvalue weighted by Gasteiger charge is -2.31. The fraction of sp³-hybridized carbons (Fsp3) is 0.385. The zero-order chi connectivity index (χ0) is 30.7. The number of amides is 2. The Morgan fingerprint density at radius 3 is 2.48 bits per heavy atom. The number of halogens is 3. The molecule has 1 N–H and O–H groups in total. The summed E-state index contributed by atoms with van der Waals surface area (Å²) in [5, 5.41) is 6.42. The molecule has 0 saturated carbocycles. The van der Waals surface area contributed by atoms with Crippen molar-refractivity contribution in [2.75, 3.05) is 18.5 Å². The topological polar surface area (TPSA) is 145 Å². The van der Waals surface area contributed by atoms with Crippen LogP contribution in [-0.2, 0) is 30.9 Å². The minimum absolute atomic E-state index is 0.0393. The summed E-state index contributed by atoms with van der Waals surface area (Å²) in [6.07, 6.45) is -6.38. The Labute approximate surface area is 238 Å². The Hall–Kier alpha value is -4.18. The number of nitrogens with zero attached hydrogens (tertiary/aromatic N) is 4. The summed E-state index contributed by atoms with van der Waals surface area (Å²) in [6, 6.07) is 10.4. The molecule has 1 aromatic heterocycles. The van der Waals surface area contributed by atoms with E-state index in [2.05, 4.69) is 19.7 Å². The number of ether oxygens (including phenoxy) is 2. The number of hydrogen-bond acceptors (Lipinski definition) is 7. The van der Waals surface area contributed by atoms with Crippen molar-refractivity contribution in [1.82, 2.24) is 10.2 Å². The maximum Gasteiger partial charge on any atom is 0.573 e. The Morgan fingerprint density at radius 2 is 1.86 bits per heavy atom. The van der Waals surface area contributed by atoms with Gasteiger partial charge in [-0.05, 0) is 57.2 Å². The first-order valence-corrected chi connectivity index (χ1v) is 14.2. The number of carbonyl (C=O) groups is 2. The highest BCUT2D eigenvalue weighted by atomic mass is 32.2. The van der Waals surface area contributed by atoms with Crippen molar-refractivity contribution in [3.63, 3.8) is 0 Å². The Balaban J connectivity index is 1.48. The molecule has 1 aliphatic heterocycles. The minimum Gasteiger partial charge on any atom is -0.486 e. The van der Waals surface area contributed by atoms with Crippen LogP contribution in [0.5, 0.6) is 5.75 Å². The monoisotopic (exact) mass is 611 g/mol. The van der Waals surface area contributed by atoms with Crippen molar-refractivity contribution < 1.29 is 49.9 Å². The molecule has 3 aromatic rings. The molecule has 1 aliphatic rings. The molecular weight excluding hydrogens is 583 g/mol. The molecule has 16 heteroatoms. The van der Waals surface area contributed by atoms with E-state index in [1.807, 2.05) is 6.92 Å². The van der Waals surface area contributed by atoms with E-state index in [4.69, 9.17) is 9.26 Å². The first-order valence-electron chi connectivity index (χ1n) is 12.7. The van der Waals surface area contributed by atoms with Gasteiger partial charge in [0.1, 0.15) is 24.4 Å². The number of aromatic nitrogens is 2. The van der Waals surface area contributed by atoms with Crippen LogP contribution in [-0.4, -0.2) is 50.8 Å². The Morgan fingerprint density at radius 1 is 1.19 bits per heavy atom. The van der Waals surface area contributed by atoms with Crippen molar-refractivity contribution in [2.45, 2.75) is 57.1 Å². The lowest BCUT2D eigenvalue weighted by Crippen LogP contribution is -2.52. The smallest absolute Gasteiger partial charge is 0.486 e. The summed E-state index contributed by atoms with van der Waals surface area (Å²) in [4.78, 5) is 27.2. The van der Waals surface area contributed by atoms with Gasteiger partial charge in [0.2, 0.25) is 5.91 Å². The van der Waals surface area contributed by atoms with Crippen LogP contribution in [0.25, 0.3) is 0 Å². The van der Waals surface area contributed by atoms with Gasteiger partial charge in [-0.3, -0.25) is 14.9 Å². The average Bonchev–Trinajstić information content (AvgIpc) is 3.28. The van der Waals surface area contributed by atoms with E-state index in [-0.39, 0.29) is 54.0 Å². The largest absolute Gasteiger partial charge is 0.573 e. The molecule has 226 valence electrons. The second-order valence-corrected chi connectivity index (χ2v) is 11.3. The Kier molecular flexibility index (Phi) is 9.06. The van der Waals surface area contributed by atoms with E-state index in [1.54, 1.807) is 26.0 Å². The molecule has 0 aliphatic carbocycles. The lowest BCUT2D eigenvalue weighted by atomic mass is 10.1. The number of anilines is 1. The first-order chi connectivity index (χ1) is 19.7. The molecule has 4 rings (SSSR count). The average molecular weight is 612 g/mol. The number of morpholine rings is 1. The summed E-state index contributed by atoms with van der Waals surface area (Å²) >= 11 is 0. The second-order valence-electron chi connectivity index (χ2n) is 9.69. The first kappa shape index (κ1) is 30.8. The maximum absolute atomic E-state index is 13.2. The van der Waals surface area contributed by atoms with Gasteiger partial charge in [0.25, 0.3) is 27.2 Å². The number of benzene rings is 2. The fourth-order valence-electron chi connectivity index (χ4n) is 4.06. The van der Waals surface area contributed by atoms with Crippen LogP contribution >= 0.6 is 0 Å². The standard InChI is InChI=1S/C26H28F3N5O7S/c1-16(2)34-21(24(41-32-34)31-42(37,38)20-10-4-17(3)5-11-20)15-33-12-13-39-22(25(33)36)14-23(35)30-18-6-8-19(9-7-18)40-26(27,28)29/h4-11,16,22H,12-15H2,1-3H3,(H,30,35)/b31-24-.